The van der Waals surface area contributed by atoms with Crippen LogP contribution in [0.2, 0.25) is 0 Å². The van der Waals surface area contributed by atoms with E-state index >= 15 is 0 Å². The van der Waals surface area contributed by atoms with Gasteiger partial charge in [-0.3, -0.25) is 4.79 Å². The third-order valence-electron chi connectivity index (χ3n) is 4.92. The van der Waals surface area contributed by atoms with Crippen LogP contribution in [0.5, 0.6) is 5.75 Å². The van der Waals surface area contributed by atoms with Gasteiger partial charge in [0.2, 0.25) is 10.0 Å². The molecule has 1 amide bonds. The van der Waals surface area contributed by atoms with Gasteiger partial charge in [-0.05, 0) is 72.4 Å². The van der Waals surface area contributed by atoms with Crippen molar-refractivity contribution >= 4 is 31.9 Å². The van der Waals surface area contributed by atoms with Crippen molar-refractivity contribution in [3.8, 4) is 5.75 Å². The predicted octanol–water partition coefficient (Wildman–Crippen LogP) is 3.49. The number of halogens is 1. The first-order valence-corrected chi connectivity index (χ1v) is 11.8. The van der Waals surface area contributed by atoms with Crippen LogP contribution in [0.4, 0.5) is 0 Å². The lowest BCUT2D eigenvalue weighted by Gasteiger charge is -2.33. The molecule has 0 bridgehead atoms. The fraction of sp³-hybridized carbons (Fsp3) is 0.381. The summed E-state index contributed by atoms with van der Waals surface area (Å²) in [6.07, 6.45) is 0.517. The highest BCUT2D eigenvalue weighted by Crippen LogP contribution is 2.27. The highest BCUT2D eigenvalue weighted by atomic mass is 79.9. The average Bonchev–Trinajstić information content (AvgIpc) is 2.70. The van der Waals surface area contributed by atoms with Crippen LogP contribution < -0.4 is 9.46 Å². The molecule has 1 unspecified atom stereocenters. The van der Waals surface area contributed by atoms with Gasteiger partial charge in [0.25, 0.3) is 5.91 Å². The molecule has 0 aliphatic carbocycles. The summed E-state index contributed by atoms with van der Waals surface area (Å²) in [5, 5.41) is 0. The molecule has 6 nitrogen and oxygen atoms in total. The van der Waals surface area contributed by atoms with Gasteiger partial charge in [0.15, 0.2) is 6.10 Å². The molecular formula is C21H25BrN2O4S. The quantitative estimate of drug-likeness (QED) is 0.686. The fourth-order valence-electron chi connectivity index (χ4n) is 3.30. The van der Waals surface area contributed by atoms with Crippen molar-refractivity contribution in [2.45, 2.75) is 43.7 Å². The van der Waals surface area contributed by atoms with Crippen LogP contribution in [0.3, 0.4) is 0 Å². The monoisotopic (exact) mass is 480 g/mol. The number of carbonyl (C=O) groups is 1. The second kappa shape index (κ2) is 9.28. The van der Waals surface area contributed by atoms with Crippen LogP contribution in [-0.2, 0) is 14.8 Å². The van der Waals surface area contributed by atoms with E-state index in [1.165, 1.54) is 0 Å². The molecule has 0 aromatic heterocycles. The molecular weight excluding hydrogens is 456 g/mol. The standard InChI is InChI=1S/C21H25BrN2O4S/c1-15-8-9-20(19(22)14-15)28-16(2)21(25)24-12-10-17(11-13-24)23-29(26,27)18-6-4-3-5-7-18/h3-9,14,16-17,23H,10-13H2,1-2H3. The summed E-state index contributed by atoms with van der Waals surface area (Å²) < 4.78 is 34.3. The van der Waals surface area contributed by atoms with E-state index < -0.39 is 16.1 Å². The largest absolute Gasteiger partial charge is 0.480 e. The van der Waals surface area contributed by atoms with Gasteiger partial charge in [-0.25, -0.2) is 13.1 Å². The van der Waals surface area contributed by atoms with E-state index in [1.54, 1.807) is 42.2 Å². The number of carbonyl (C=O) groups excluding carboxylic acids is 1. The number of amides is 1. The molecule has 1 atom stereocenters. The second-order valence-electron chi connectivity index (χ2n) is 7.23. The summed E-state index contributed by atoms with van der Waals surface area (Å²) in [5.41, 5.74) is 1.10. The maximum Gasteiger partial charge on any atom is 0.263 e. The summed E-state index contributed by atoms with van der Waals surface area (Å²) in [4.78, 5) is 14.7. The Balaban J connectivity index is 1.54. The first-order chi connectivity index (χ1) is 13.8. The molecule has 2 aromatic rings. The topological polar surface area (TPSA) is 75.7 Å². The van der Waals surface area contributed by atoms with Gasteiger partial charge >= 0.3 is 0 Å². The molecule has 1 N–H and O–H groups in total. The highest BCUT2D eigenvalue weighted by molar-refractivity contribution is 9.10. The van der Waals surface area contributed by atoms with Crippen molar-refractivity contribution in [1.29, 1.82) is 0 Å². The first kappa shape index (κ1) is 21.8. The lowest BCUT2D eigenvalue weighted by molar-refractivity contribution is -0.139. The van der Waals surface area contributed by atoms with Gasteiger partial charge in [0, 0.05) is 19.1 Å². The van der Waals surface area contributed by atoms with Crippen LogP contribution in [0.15, 0.2) is 57.9 Å². The maximum atomic E-state index is 12.7. The summed E-state index contributed by atoms with van der Waals surface area (Å²) in [6, 6.07) is 13.8. The van der Waals surface area contributed by atoms with E-state index in [4.69, 9.17) is 4.74 Å². The van der Waals surface area contributed by atoms with Gasteiger partial charge in [-0.1, -0.05) is 24.3 Å². The van der Waals surface area contributed by atoms with Gasteiger partial charge in [0.05, 0.1) is 9.37 Å². The Morgan fingerprint density at radius 1 is 1.17 bits per heavy atom. The number of nitrogens with one attached hydrogen (secondary N) is 1. The molecule has 0 spiro atoms. The van der Waals surface area contributed by atoms with Crippen molar-refractivity contribution in [3.05, 3.63) is 58.6 Å². The molecule has 1 heterocycles. The minimum atomic E-state index is -3.55. The molecule has 0 saturated carbocycles. The molecule has 1 fully saturated rings. The van der Waals surface area contributed by atoms with Crippen LogP contribution >= 0.6 is 15.9 Å². The van der Waals surface area contributed by atoms with Crippen LogP contribution in [0, 0.1) is 6.92 Å². The van der Waals surface area contributed by atoms with E-state index in [2.05, 4.69) is 20.7 Å². The number of hydrogen-bond donors (Lipinski definition) is 1. The van der Waals surface area contributed by atoms with E-state index in [9.17, 15) is 13.2 Å². The Hall–Kier alpha value is -1.90. The van der Waals surface area contributed by atoms with Crippen LogP contribution in [0.1, 0.15) is 25.3 Å². The molecule has 2 aromatic carbocycles. The minimum Gasteiger partial charge on any atom is -0.480 e. The first-order valence-electron chi connectivity index (χ1n) is 9.55. The van der Waals surface area contributed by atoms with Gasteiger partial charge in [0.1, 0.15) is 5.75 Å². The smallest absolute Gasteiger partial charge is 0.263 e. The zero-order valence-electron chi connectivity index (χ0n) is 16.5. The van der Waals surface area contributed by atoms with Crippen molar-refractivity contribution in [3.63, 3.8) is 0 Å². The normalized spacial score (nSPS) is 16.4. The molecule has 3 rings (SSSR count). The molecule has 1 saturated heterocycles. The second-order valence-corrected chi connectivity index (χ2v) is 9.80. The third-order valence-corrected chi connectivity index (χ3v) is 7.08. The molecule has 1 aliphatic heterocycles. The third kappa shape index (κ3) is 5.58. The maximum absolute atomic E-state index is 12.7. The molecule has 0 radical (unpaired) electrons. The SMILES string of the molecule is Cc1ccc(OC(C)C(=O)N2CCC(NS(=O)(=O)c3ccccc3)CC2)c(Br)c1. The van der Waals surface area contributed by atoms with E-state index in [-0.39, 0.29) is 16.8 Å². The van der Waals surface area contributed by atoms with E-state index in [1.807, 2.05) is 25.1 Å². The number of nitrogens with zero attached hydrogens (tertiary/aromatic N) is 1. The van der Waals surface area contributed by atoms with Crippen molar-refractivity contribution in [1.82, 2.24) is 9.62 Å². The number of sulfonamides is 1. The molecule has 1 aliphatic rings. The lowest BCUT2D eigenvalue weighted by Crippen LogP contribution is -2.49. The summed E-state index contributed by atoms with van der Waals surface area (Å²) in [5.74, 6) is 0.531. The fourth-order valence-corrected chi connectivity index (χ4v) is 5.22. The van der Waals surface area contributed by atoms with Crippen molar-refractivity contribution in [2.75, 3.05) is 13.1 Å². The van der Waals surface area contributed by atoms with E-state index in [0.29, 0.717) is 31.7 Å². The van der Waals surface area contributed by atoms with Gasteiger partial charge < -0.3 is 9.64 Å². The Morgan fingerprint density at radius 3 is 2.45 bits per heavy atom. The molecule has 29 heavy (non-hydrogen) atoms. The number of ether oxygens (including phenoxy) is 1. The van der Waals surface area contributed by atoms with Gasteiger partial charge in [-0.15, -0.1) is 0 Å². The Bertz CT molecular complexity index is 958. The molecule has 156 valence electrons. The number of benzene rings is 2. The molecule has 8 heteroatoms. The number of hydrogen-bond acceptors (Lipinski definition) is 4. The van der Waals surface area contributed by atoms with Crippen molar-refractivity contribution < 1.29 is 17.9 Å². The lowest BCUT2D eigenvalue weighted by atomic mass is 10.1. The highest BCUT2D eigenvalue weighted by Gasteiger charge is 2.29. The summed E-state index contributed by atoms with van der Waals surface area (Å²) in [6.45, 7) is 4.70. The average molecular weight is 481 g/mol. The Morgan fingerprint density at radius 2 is 1.83 bits per heavy atom. The van der Waals surface area contributed by atoms with E-state index in [0.717, 1.165) is 10.0 Å². The minimum absolute atomic E-state index is 0.0955. The van der Waals surface area contributed by atoms with Crippen LogP contribution in [-0.4, -0.2) is 44.5 Å². The number of piperidine rings is 1. The van der Waals surface area contributed by atoms with Crippen LogP contribution in [0.25, 0.3) is 0 Å². The number of aryl methyl sites for hydroxylation is 1. The van der Waals surface area contributed by atoms with Crippen molar-refractivity contribution in [2.24, 2.45) is 0 Å². The van der Waals surface area contributed by atoms with Gasteiger partial charge in [-0.2, -0.15) is 0 Å². The Kier molecular flexibility index (Phi) is 6.97. The zero-order chi connectivity index (χ0) is 21.0. The number of likely N-dealkylation sites (tertiary alicyclic amines) is 1. The summed E-state index contributed by atoms with van der Waals surface area (Å²) >= 11 is 3.46. The number of rotatable bonds is 6. The Labute approximate surface area is 180 Å². The zero-order valence-corrected chi connectivity index (χ0v) is 18.9. The summed E-state index contributed by atoms with van der Waals surface area (Å²) in [7, 11) is -3.55. The predicted molar refractivity (Wildman–Crippen MR) is 115 cm³/mol.